The van der Waals surface area contributed by atoms with Gasteiger partial charge in [0.25, 0.3) is 0 Å². The van der Waals surface area contributed by atoms with Crippen LogP contribution < -0.4 is 4.74 Å². The fourth-order valence-corrected chi connectivity index (χ4v) is 1.58. The molecule has 4 heteroatoms. The summed E-state index contributed by atoms with van der Waals surface area (Å²) >= 11 is 0. The fourth-order valence-electron chi connectivity index (χ4n) is 1.58. The van der Waals surface area contributed by atoms with Crippen molar-refractivity contribution in [1.29, 1.82) is 0 Å². The summed E-state index contributed by atoms with van der Waals surface area (Å²) in [6.45, 7) is 2.04. The second-order valence-electron chi connectivity index (χ2n) is 3.93. The van der Waals surface area contributed by atoms with E-state index in [-0.39, 0.29) is 0 Å². The maximum absolute atomic E-state index is 11.6. The lowest BCUT2D eigenvalue weighted by atomic mass is 10.1. The van der Waals surface area contributed by atoms with E-state index in [4.69, 9.17) is 9.47 Å². The molecule has 0 aliphatic heterocycles. The molecule has 0 fully saturated rings. The molecule has 0 heterocycles. The molecule has 0 aromatic heterocycles. The van der Waals surface area contributed by atoms with Gasteiger partial charge in [0.15, 0.2) is 12.4 Å². The zero-order valence-corrected chi connectivity index (χ0v) is 10.7. The van der Waals surface area contributed by atoms with Gasteiger partial charge in [0, 0.05) is 0 Å². The summed E-state index contributed by atoms with van der Waals surface area (Å²) in [6, 6.07) is 6.83. The van der Waals surface area contributed by atoms with Crippen molar-refractivity contribution in [1.82, 2.24) is 0 Å². The minimum Gasteiger partial charge on any atom is -0.478 e. The van der Waals surface area contributed by atoms with Gasteiger partial charge in [0.1, 0.15) is 5.75 Å². The standard InChI is InChI=1S/C14H18O4/c1-3-4-8-13(14(16)17-2)18-12-9-6-5-7-11(12)10-15/h5-7,9-10,13H,3-4,8H2,1-2H3. The number of ether oxygens (including phenoxy) is 2. The summed E-state index contributed by atoms with van der Waals surface area (Å²) < 4.78 is 10.3. The van der Waals surface area contributed by atoms with Gasteiger partial charge in [0.05, 0.1) is 12.7 Å². The van der Waals surface area contributed by atoms with Crippen LogP contribution in [0.15, 0.2) is 24.3 Å². The van der Waals surface area contributed by atoms with E-state index in [1.54, 1.807) is 24.3 Å². The first kappa shape index (κ1) is 14.2. The molecule has 1 aromatic carbocycles. The van der Waals surface area contributed by atoms with Gasteiger partial charge in [-0.05, 0) is 25.0 Å². The van der Waals surface area contributed by atoms with E-state index in [2.05, 4.69) is 0 Å². The van der Waals surface area contributed by atoms with Crippen LogP contribution in [0.1, 0.15) is 36.5 Å². The summed E-state index contributed by atoms with van der Waals surface area (Å²) in [7, 11) is 1.33. The molecule has 0 N–H and O–H groups in total. The zero-order valence-electron chi connectivity index (χ0n) is 10.7. The Morgan fingerprint density at radius 2 is 2.11 bits per heavy atom. The summed E-state index contributed by atoms with van der Waals surface area (Å²) in [5, 5.41) is 0. The first-order chi connectivity index (χ1) is 8.72. The van der Waals surface area contributed by atoms with Crippen molar-refractivity contribution in [2.24, 2.45) is 0 Å². The SMILES string of the molecule is CCCCC(Oc1ccccc1C=O)C(=O)OC. The van der Waals surface area contributed by atoms with E-state index in [0.717, 1.165) is 12.8 Å². The highest BCUT2D eigenvalue weighted by Gasteiger charge is 2.21. The molecule has 0 bridgehead atoms. The van der Waals surface area contributed by atoms with Gasteiger partial charge >= 0.3 is 5.97 Å². The van der Waals surface area contributed by atoms with Gasteiger partial charge in [-0.3, -0.25) is 4.79 Å². The van der Waals surface area contributed by atoms with E-state index in [1.165, 1.54) is 7.11 Å². The van der Waals surface area contributed by atoms with E-state index in [1.807, 2.05) is 6.92 Å². The molecule has 1 unspecified atom stereocenters. The van der Waals surface area contributed by atoms with Crippen LogP contribution in [0.3, 0.4) is 0 Å². The number of esters is 1. The van der Waals surface area contributed by atoms with Crippen LogP contribution >= 0.6 is 0 Å². The topological polar surface area (TPSA) is 52.6 Å². The number of methoxy groups -OCH3 is 1. The first-order valence-corrected chi connectivity index (χ1v) is 6.01. The highest BCUT2D eigenvalue weighted by molar-refractivity contribution is 5.80. The predicted molar refractivity (Wildman–Crippen MR) is 67.8 cm³/mol. The molecule has 98 valence electrons. The number of rotatable bonds is 7. The highest BCUT2D eigenvalue weighted by atomic mass is 16.6. The molecule has 1 rings (SSSR count). The molecule has 0 aliphatic carbocycles. The minimum atomic E-state index is -0.656. The number of carbonyl (C=O) groups is 2. The Labute approximate surface area is 107 Å². The van der Waals surface area contributed by atoms with Crippen molar-refractivity contribution in [2.45, 2.75) is 32.3 Å². The Balaban J connectivity index is 2.81. The molecular formula is C14H18O4. The molecule has 0 amide bonds. The van der Waals surface area contributed by atoms with Crippen molar-refractivity contribution in [3.8, 4) is 5.75 Å². The first-order valence-electron chi connectivity index (χ1n) is 6.01. The molecule has 0 saturated heterocycles. The van der Waals surface area contributed by atoms with Crippen LogP contribution in [0.25, 0.3) is 0 Å². The Morgan fingerprint density at radius 3 is 2.72 bits per heavy atom. The molecule has 0 radical (unpaired) electrons. The number of benzene rings is 1. The maximum Gasteiger partial charge on any atom is 0.347 e. The molecule has 1 atom stereocenters. The fraction of sp³-hybridized carbons (Fsp3) is 0.429. The van der Waals surface area contributed by atoms with Gasteiger partial charge < -0.3 is 9.47 Å². The number of unbranched alkanes of at least 4 members (excludes halogenated alkanes) is 1. The minimum absolute atomic E-state index is 0.413. The lowest BCUT2D eigenvalue weighted by molar-refractivity contribution is -0.149. The van der Waals surface area contributed by atoms with Gasteiger partial charge in [-0.2, -0.15) is 0 Å². The second-order valence-corrected chi connectivity index (χ2v) is 3.93. The third-order valence-corrected chi connectivity index (χ3v) is 2.60. The quantitative estimate of drug-likeness (QED) is 0.551. The lowest BCUT2D eigenvalue weighted by Gasteiger charge is -2.17. The Kier molecular flexibility index (Phi) is 5.91. The van der Waals surface area contributed by atoms with Crippen LogP contribution in [-0.2, 0) is 9.53 Å². The molecular weight excluding hydrogens is 232 g/mol. The third kappa shape index (κ3) is 3.87. The Morgan fingerprint density at radius 1 is 1.39 bits per heavy atom. The predicted octanol–water partition coefficient (Wildman–Crippen LogP) is 2.61. The Bertz CT molecular complexity index is 401. The van der Waals surface area contributed by atoms with Crippen LogP contribution in [0.4, 0.5) is 0 Å². The maximum atomic E-state index is 11.6. The van der Waals surface area contributed by atoms with Crippen LogP contribution in [-0.4, -0.2) is 25.5 Å². The van der Waals surface area contributed by atoms with Crippen molar-refractivity contribution >= 4 is 12.3 Å². The Hall–Kier alpha value is -1.84. The van der Waals surface area contributed by atoms with Crippen molar-refractivity contribution in [3.63, 3.8) is 0 Å². The number of para-hydroxylation sites is 1. The number of carbonyl (C=O) groups excluding carboxylic acids is 2. The van der Waals surface area contributed by atoms with Gasteiger partial charge in [-0.25, -0.2) is 4.79 Å². The van der Waals surface area contributed by atoms with Crippen molar-refractivity contribution in [3.05, 3.63) is 29.8 Å². The van der Waals surface area contributed by atoms with Crippen LogP contribution in [0.2, 0.25) is 0 Å². The average molecular weight is 250 g/mol. The van der Waals surface area contributed by atoms with Crippen LogP contribution in [0, 0.1) is 0 Å². The molecule has 0 aliphatic rings. The van der Waals surface area contributed by atoms with Crippen LogP contribution in [0.5, 0.6) is 5.75 Å². The monoisotopic (exact) mass is 250 g/mol. The highest BCUT2D eigenvalue weighted by Crippen LogP contribution is 2.19. The zero-order chi connectivity index (χ0) is 13.4. The van der Waals surface area contributed by atoms with Gasteiger partial charge in [0.2, 0.25) is 0 Å². The molecule has 1 aromatic rings. The van der Waals surface area contributed by atoms with E-state index >= 15 is 0 Å². The molecule has 18 heavy (non-hydrogen) atoms. The van der Waals surface area contributed by atoms with Crippen molar-refractivity contribution in [2.75, 3.05) is 7.11 Å². The van der Waals surface area contributed by atoms with Gasteiger partial charge in [-0.1, -0.05) is 25.5 Å². The largest absolute Gasteiger partial charge is 0.478 e. The summed E-state index contributed by atoms with van der Waals surface area (Å²) in [5.41, 5.74) is 0.433. The van der Waals surface area contributed by atoms with E-state index in [9.17, 15) is 9.59 Å². The normalized spacial score (nSPS) is 11.7. The molecule has 0 spiro atoms. The number of hydrogen-bond donors (Lipinski definition) is 0. The molecule has 4 nitrogen and oxygen atoms in total. The number of aldehydes is 1. The number of hydrogen-bond acceptors (Lipinski definition) is 4. The van der Waals surface area contributed by atoms with Crippen molar-refractivity contribution < 1.29 is 19.1 Å². The molecule has 0 saturated carbocycles. The van der Waals surface area contributed by atoms with E-state index in [0.29, 0.717) is 24.0 Å². The second kappa shape index (κ2) is 7.48. The third-order valence-electron chi connectivity index (χ3n) is 2.60. The summed E-state index contributed by atoms with van der Waals surface area (Å²) in [4.78, 5) is 22.5. The summed E-state index contributed by atoms with van der Waals surface area (Å²) in [5.74, 6) is 0.00292. The van der Waals surface area contributed by atoms with E-state index < -0.39 is 12.1 Å². The smallest absolute Gasteiger partial charge is 0.347 e. The average Bonchev–Trinajstić information content (AvgIpc) is 2.42. The summed E-state index contributed by atoms with van der Waals surface area (Å²) in [6.07, 6.45) is 2.46. The van der Waals surface area contributed by atoms with Gasteiger partial charge in [-0.15, -0.1) is 0 Å². The lowest BCUT2D eigenvalue weighted by Crippen LogP contribution is -2.28.